The van der Waals surface area contributed by atoms with Crippen LogP contribution in [0.3, 0.4) is 0 Å². The standard InChI is InChI=1S/C12H15N3.ClH/c1-2-3-9-15-10-7-12(14-15)11-6-4-5-8-13-11;/h4-8,10H,2-3,9H2,1H3;1H. The maximum Gasteiger partial charge on any atom is 0.111 e. The number of rotatable bonds is 4. The summed E-state index contributed by atoms with van der Waals surface area (Å²) in [5.41, 5.74) is 1.89. The van der Waals surface area contributed by atoms with Crippen molar-refractivity contribution in [3.8, 4) is 11.4 Å². The van der Waals surface area contributed by atoms with Crippen LogP contribution in [0.5, 0.6) is 0 Å². The van der Waals surface area contributed by atoms with Crippen LogP contribution in [0, 0.1) is 0 Å². The Morgan fingerprint density at radius 2 is 2.06 bits per heavy atom. The molecule has 0 unspecified atom stereocenters. The summed E-state index contributed by atoms with van der Waals surface area (Å²) < 4.78 is 1.98. The molecule has 2 heterocycles. The van der Waals surface area contributed by atoms with Crippen molar-refractivity contribution in [1.29, 1.82) is 0 Å². The van der Waals surface area contributed by atoms with Gasteiger partial charge in [0, 0.05) is 18.9 Å². The first-order chi connectivity index (χ1) is 7.40. The SMILES string of the molecule is CCCCn1ccc(-c2ccccn2)n1.Cl. The van der Waals surface area contributed by atoms with Crippen molar-refractivity contribution >= 4 is 12.4 Å². The van der Waals surface area contributed by atoms with E-state index in [1.54, 1.807) is 6.20 Å². The summed E-state index contributed by atoms with van der Waals surface area (Å²) in [7, 11) is 0. The molecule has 0 saturated carbocycles. The maximum absolute atomic E-state index is 4.47. The fourth-order valence-electron chi connectivity index (χ4n) is 1.46. The Hall–Kier alpha value is -1.35. The molecule has 86 valence electrons. The molecule has 2 rings (SSSR count). The van der Waals surface area contributed by atoms with E-state index in [0.29, 0.717) is 0 Å². The predicted molar refractivity (Wildman–Crippen MR) is 67.6 cm³/mol. The van der Waals surface area contributed by atoms with Gasteiger partial charge in [0.1, 0.15) is 5.69 Å². The summed E-state index contributed by atoms with van der Waals surface area (Å²) >= 11 is 0. The van der Waals surface area contributed by atoms with Gasteiger partial charge in [-0.2, -0.15) is 5.10 Å². The van der Waals surface area contributed by atoms with Gasteiger partial charge in [0.15, 0.2) is 0 Å². The summed E-state index contributed by atoms with van der Waals surface area (Å²) in [6.07, 6.45) is 6.17. The quantitative estimate of drug-likeness (QED) is 0.818. The van der Waals surface area contributed by atoms with E-state index < -0.39 is 0 Å². The third-order valence-electron chi connectivity index (χ3n) is 2.31. The molecular formula is C12H16ClN3. The molecule has 0 bridgehead atoms. The lowest BCUT2D eigenvalue weighted by Crippen LogP contribution is -1.98. The number of aromatic nitrogens is 3. The largest absolute Gasteiger partial charge is 0.272 e. The zero-order valence-corrected chi connectivity index (χ0v) is 10.2. The summed E-state index contributed by atoms with van der Waals surface area (Å²) in [4.78, 5) is 4.27. The van der Waals surface area contributed by atoms with Gasteiger partial charge in [-0.05, 0) is 24.6 Å². The molecule has 2 aromatic rings. The molecule has 0 amide bonds. The number of pyridine rings is 1. The van der Waals surface area contributed by atoms with E-state index in [1.165, 1.54) is 12.8 Å². The van der Waals surface area contributed by atoms with Gasteiger partial charge in [0.05, 0.1) is 5.69 Å². The molecule has 16 heavy (non-hydrogen) atoms. The fourth-order valence-corrected chi connectivity index (χ4v) is 1.46. The Bertz CT molecular complexity index is 411. The predicted octanol–water partition coefficient (Wildman–Crippen LogP) is 3.17. The van der Waals surface area contributed by atoms with Crippen LogP contribution in [-0.4, -0.2) is 14.8 Å². The summed E-state index contributed by atoms with van der Waals surface area (Å²) in [6.45, 7) is 3.17. The summed E-state index contributed by atoms with van der Waals surface area (Å²) in [6, 6.07) is 7.88. The van der Waals surface area contributed by atoms with Crippen molar-refractivity contribution < 1.29 is 0 Å². The lowest BCUT2D eigenvalue weighted by molar-refractivity contribution is 0.573. The van der Waals surface area contributed by atoms with Crippen LogP contribution in [-0.2, 0) is 6.54 Å². The lowest BCUT2D eigenvalue weighted by atomic mass is 10.3. The van der Waals surface area contributed by atoms with E-state index >= 15 is 0 Å². The highest BCUT2D eigenvalue weighted by molar-refractivity contribution is 5.85. The second-order valence-corrected chi connectivity index (χ2v) is 3.53. The Morgan fingerprint density at radius 1 is 1.19 bits per heavy atom. The normalized spacial score (nSPS) is 9.81. The minimum Gasteiger partial charge on any atom is -0.272 e. The van der Waals surface area contributed by atoms with Crippen molar-refractivity contribution in [3.05, 3.63) is 36.7 Å². The van der Waals surface area contributed by atoms with Crippen molar-refractivity contribution in [2.75, 3.05) is 0 Å². The molecule has 4 heteroatoms. The van der Waals surface area contributed by atoms with Gasteiger partial charge in [-0.3, -0.25) is 9.67 Å². The first kappa shape index (κ1) is 12.7. The number of nitrogens with zero attached hydrogens (tertiary/aromatic N) is 3. The van der Waals surface area contributed by atoms with Gasteiger partial charge in [0.2, 0.25) is 0 Å². The molecule has 0 aromatic carbocycles. The Labute approximate surface area is 102 Å². The second kappa shape index (κ2) is 6.28. The van der Waals surface area contributed by atoms with Crippen LogP contribution < -0.4 is 0 Å². The summed E-state index contributed by atoms with van der Waals surface area (Å²) in [5.74, 6) is 0. The van der Waals surface area contributed by atoms with Gasteiger partial charge in [-0.25, -0.2) is 0 Å². The second-order valence-electron chi connectivity index (χ2n) is 3.53. The molecule has 0 saturated heterocycles. The van der Waals surface area contributed by atoms with Gasteiger partial charge >= 0.3 is 0 Å². The van der Waals surface area contributed by atoms with Crippen LogP contribution in [0.15, 0.2) is 36.7 Å². The van der Waals surface area contributed by atoms with Crippen LogP contribution in [0.1, 0.15) is 19.8 Å². The minimum absolute atomic E-state index is 0. The molecular weight excluding hydrogens is 222 g/mol. The number of unbranched alkanes of at least 4 members (excludes halogenated alkanes) is 1. The van der Waals surface area contributed by atoms with Gasteiger partial charge in [0.25, 0.3) is 0 Å². The van der Waals surface area contributed by atoms with Crippen molar-refractivity contribution in [1.82, 2.24) is 14.8 Å². The topological polar surface area (TPSA) is 30.7 Å². The average Bonchev–Trinajstić information content (AvgIpc) is 2.76. The number of hydrogen-bond donors (Lipinski definition) is 0. The van der Waals surface area contributed by atoms with E-state index in [1.807, 2.05) is 35.1 Å². The monoisotopic (exact) mass is 237 g/mol. The molecule has 3 nitrogen and oxygen atoms in total. The summed E-state index contributed by atoms with van der Waals surface area (Å²) in [5, 5.41) is 4.47. The Balaban J connectivity index is 0.00000128. The van der Waals surface area contributed by atoms with Crippen LogP contribution in [0.2, 0.25) is 0 Å². The van der Waals surface area contributed by atoms with Gasteiger partial charge in [-0.15, -0.1) is 12.4 Å². The number of halogens is 1. The molecule has 0 atom stereocenters. The van der Waals surface area contributed by atoms with Crippen LogP contribution in [0.4, 0.5) is 0 Å². The highest BCUT2D eigenvalue weighted by Gasteiger charge is 2.01. The zero-order valence-electron chi connectivity index (χ0n) is 9.34. The highest BCUT2D eigenvalue weighted by Crippen LogP contribution is 2.12. The number of aryl methyl sites for hydroxylation is 1. The maximum atomic E-state index is 4.47. The van der Waals surface area contributed by atoms with Crippen LogP contribution >= 0.6 is 12.4 Å². The highest BCUT2D eigenvalue weighted by atomic mass is 35.5. The molecule has 0 aliphatic rings. The van der Waals surface area contributed by atoms with Crippen molar-refractivity contribution in [2.24, 2.45) is 0 Å². The van der Waals surface area contributed by atoms with E-state index in [9.17, 15) is 0 Å². The van der Waals surface area contributed by atoms with Crippen molar-refractivity contribution in [3.63, 3.8) is 0 Å². The number of hydrogen-bond acceptors (Lipinski definition) is 2. The third kappa shape index (κ3) is 3.07. The molecule has 2 aromatic heterocycles. The van der Waals surface area contributed by atoms with E-state index in [0.717, 1.165) is 17.9 Å². The third-order valence-corrected chi connectivity index (χ3v) is 2.31. The fraction of sp³-hybridized carbons (Fsp3) is 0.333. The Kier molecular flexibility index (Phi) is 4.99. The Morgan fingerprint density at radius 3 is 2.75 bits per heavy atom. The van der Waals surface area contributed by atoms with E-state index in [2.05, 4.69) is 17.0 Å². The first-order valence-corrected chi connectivity index (χ1v) is 5.35. The zero-order chi connectivity index (χ0) is 10.5. The lowest BCUT2D eigenvalue weighted by Gasteiger charge is -1.98. The molecule has 0 radical (unpaired) electrons. The van der Waals surface area contributed by atoms with E-state index in [4.69, 9.17) is 0 Å². The molecule has 0 spiro atoms. The first-order valence-electron chi connectivity index (χ1n) is 5.35. The molecule has 0 fully saturated rings. The van der Waals surface area contributed by atoms with E-state index in [-0.39, 0.29) is 12.4 Å². The molecule has 0 N–H and O–H groups in total. The molecule has 0 aliphatic heterocycles. The van der Waals surface area contributed by atoms with Crippen LogP contribution in [0.25, 0.3) is 11.4 Å². The van der Waals surface area contributed by atoms with Crippen molar-refractivity contribution in [2.45, 2.75) is 26.3 Å². The average molecular weight is 238 g/mol. The van der Waals surface area contributed by atoms with Gasteiger partial charge < -0.3 is 0 Å². The van der Waals surface area contributed by atoms with Gasteiger partial charge in [-0.1, -0.05) is 19.4 Å². The smallest absolute Gasteiger partial charge is 0.111 e. The minimum atomic E-state index is 0. The molecule has 0 aliphatic carbocycles.